The van der Waals surface area contributed by atoms with Gasteiger partial charge < -0.3 is 5.32 Å². The van der Waals surface area contributed by atoms with E-state index in [0.29, 0.717) is 0 Å². The molecule has 3 aliphatic rings. The number of rotatable bonds is 4. The minimum Gasteiger partial charge on any atom is -0.311 e. The molecule has 2 unspecified atom stereocenters. The quantitative estimate of drug-likeness (QED) is 0.841. The van der Waals surface area contributed by atoms with Gasteiger partial charge in [-0.05, 0) is 69.7 Å². The summed E-state index contributed by atoms with van der Waals surface area (Å²) in [4.78, 5) is 2.89. The van der Waals surface area contributed by atoms with Crippen LogP contribution in [0.5, 0.6) is 0 Å². The van der Waals surface area contributed by atoms with Crippen molar-refractivity contribution in [2.24, 2.45) is 11.8 Å². The number of hydrogen-bond donors (Lipinski definition) is 1. The first kappa shape index (κ1) is 14.8. The third kappa shape index (κ3) is 3.06. The Morgan fingerprint density at radius 3 is 2.00 bits per heavy atom. The van der Waals surface area contributed by atoms with E-state index >= 15 is 0 Å². The maximum absolute atomic E-state index is 3.80. The normalized spacial score (nSPS) is 41.5. The van der Waals surface area contributed by atoms with Gasteiger partial charge in [-0.25, -0.2) is 0 Å². The van der Waals surface area contributed by atoms with Gasteiger partial charge >= 0.3 is 0 Å². The lowest BCUT2D eigenvalue weighted by Crippen LogP contribution is -2.52. The molecular formula is C18H34N2. The zero-order chi connectivity index (χ0) is 14.1. The molecule has 0 radical (unpaired) electrons. The molecule has 1 N–H and O–H groups in total. The molecule has 20 heavy (non-hydrogen) atoms. The number of fused-ring (bicyclic) bond motifs is 2. The third-order valence-electron chi connectivity index (χ3n) is 6.44. The first-order valence-corrected chi connectivity index (χ1v) is 9.19. The highest BCUT2D eigenvalue weighted by Crippen LogP contribution is 2.36. The largest absolute Gasteiger partial charge is 0.311 e. The lowest BCUT2D eigenvalue weighted by Gasteiger charge is -2.44. The van der Waals surface area contributed by atoms with Crippen molar-refractivity contribution in [3.05, 3.63) is 0 Å². The Morgan fingerprint density at radius 2 is 1.50 bits per heavy atom. The molecule has 3 fully saturated rings. The smallest absolute Gasteiger partial charge is 0.0128 e. The molecular weight excluding hydrogens is 244 g/mol. The summed E-state index contributed by atoms with van der Waals surface area (Å²) in [5.74, 6) is 1.88. The summed E-state index contributed by atoms with van der Waals surface area (Å²) in [5, 5.41) is 3.80. The lowest BCUT2D eigenvalue weighted by atomic mass is 9.78. The minimum absolute atomic E-state index is 0.833. The average molecular weight is 278 g/mol. The van der Waals surface area contributed by atoms with E-state index in [1.807, 2.05) is 0 Å². The molecule has 2 heterocycles. The summed E-state index contributed by atoms with van der Waals surface area (Å²) in [6, 6.07) is 3.43. The topological polar surface area (TPSA) is 15.3 Å². The average Bonchev–Trinajstić information content (AvgIpc) is 2.79. The van der Waals surface area contributed by atoms with Crippen molar-refractivity contribution in [1.82, 2.24) is 10.2 Å². The van der Waals surface area contributed by atoms with Gasteiger partial charge in [0.2, 0.25) is 0 Å². The van der Waals surface area contributed by atoms with Crippen LogP contribution in [0.3, 0.4) is 0 Å². The molecule has 2 aliphatic heterocycles. The zero-order valence-corrected chi connectivity index (χ0v) is 13.8. The summed E-state index contributed by atoms with van der Waals surface area (Å²) in [7, 11) is 0. The molecule has 116 valence electrons. The molecule has 0 aromatic carbocycles. The Labute approximate surface area is 125 Å². The highest BCUT2D eigenvalue weighted by Gasteiger charge is 2.38. The second-order valence-corrected chi connectivity index (χ2v) is 7.91. The van der Waals surface area contributed by atoms with Crippen LogP contribution in [0.4, 0.5) is 0 Å². The molecule has 1 saturated carbocycles. The Balaban J connectivity index is 1.57. The van der Waals surface area contributed by atoms with Crippen molar-refractivity contribution in [2.45, 2.75) is 96.3 Å². The van der Waals surface area contributed by atoms with Crippen LogP contribution in [0.25, 0.3) is 0 Å². The van der Waals surface area contributed by atoms with E-state index in [9.17, 15) is 0 Å². The van der Waals surface area contributed by atoms with Crippen LogP contribution in [-0.2, 0) is 0 Å². The van der Waals surface area contributed by atoms with Crippen molar-refractivity contribution >= 4 is 0 Å². The van der Waals surface area contributed by atoms with E-state index in [0.717, 1.165) is 36.0 Å². The van der Waals surface area contributed by atoms with Gasteiger partial charge in [0.1, 0.15) is 0 Å². The zero-order valence-electron chi connectivity index (χ0n) is 13.8. The summed E-state index contributed by atoms with van der Waals surface area (Å²) in [6.07, 6.45) is 11.5. The van der Waals surface area contributed by atoms with E-state index in [-0.39, 0.29) is 0 Å². The van der Waals surface area contributed by atoms with Gasteiger partial charge in [-0.1, -0.05) is 20.8 Å². The van der Waals surface area contributed by atoms with Crippen LogP contribution in [0.2, 0.25) is 0 Å². The fraction of sp³-hybridized carbons (Fsp3) is 1.00. The summed E-state index contributed by atoms with van der Waals surface area (Å²) >= 11 is 0. The van der Waals surface area contributed by atoms with E-state index < -0.39 is 0 Å². The number of hydrogen-bond acceptors (Lipinski definition) is 2. The van der Waals surface area contributed by atoms with E-state index in [4.69, 9.17) is 0 Å². The standard InChI is InChI=1S/C18H34N2/c1-4-20(17-9-5-14(6-10-17)13(2)3)18-11-15-7-8-16(12-18)19-15/h13-19H,4-12H2,1-3H3. The molecule has 3 rings (SSSR count). The predicted molar refractivity (Wildman–Crippen MR) is 85.9 cm³/mol. The second-order valence-electron chi connectivity index (χ2n) is 7.91. The molecule has 0 aromatic rings. The fourth-order valence-corrected chi connectivity index (χ4v) is 5.21. The number of piperidine rings is 1. The van der Waals surface area contributed by atoms with Crippen molar-refractivity contribution in [2.75, 3.05) is 6.54 Å². The first-order valence-electron chi connectivity index (χ1n) is 9.19. The maximum Gasteiger partial charge on any atom is 0.0128 e. The van der Waals surface area contributed by atoms with E-state index in [1.54, 1.807) is 0 Å². The summed E-state index contributed by atoms with van der Waals surface area (Å²) in [5.41, 5.74) is 0. The van der Waals surface area contributed by atoms with Crippen molar-refractivity contribution in [1.29, 1.82) is 0 Å². The van der Waals surface area contributed by atoms with Gasteiger partial charge in [0.05, 0.1) is 0 Å². The van der Waals surface area contributed by atoms with Crippen molar-refractivity contribution in [3.63, 3.8) is 0 Å². The van der Waals surface area contributed by atoms with Gasteiger partial charge in [0, 0.05) is 24.2 Å². The highest BCUT2D eigenvalue weighted by molar-refractivity contribution is 4.97. The molecule has 0 spiro atoms. The Morgan fingerprint density at radius 1 is 0.900 bits per heavy atom. The van der Waals surface area contributed by atoms with E-state index in [2.05, 4.69) is 31.0 Å². The highest BCUT2D eigenvalue weighted by atomic mass is 15.2. The summed E-state index contributed by atoms with van der Waals surface area (Å²) in [6.45, 7) is 8.47. The Bertz CT molecular complexity index is 295. The van der Waals surface area contributed by atoms with Crippen LogP contribution in [0, 0.1) is 11.8 Å². The summed E-state index contributed by atoms with van der Waals surface area (Å²) < 4.78 is 0. The third-order valence-corrected chi connectivity index (χ3v) is 6.44. The Hall–Kier alpha value is -0.0800. The monoisotopic (exact) mass is 278 g/mol. The lowest BCUT2D eigenvalue weighted by molar-refractivity contribution is 0.0630. The van der Waals surface area contributed by atoms with Crippen LogP contribution >= 0.6 is 0 Å². The van der Waals surface area contributed by atoms with Crippen molar-refractivity contribution in [3.8, 4) is 0 Å². The SMILES string of the molecule is CCN(C1CCC(C(C)C)CC1)C1CC2CCC(C1)N2. The minimum atomic E-state index is 0.833. The molecule has 2 heteroatoms. The van der Waals surface area contributed by atoms with Crippen molar-refractivity contribution < 1.29 is 0 Å². The van der Waals surface area contributed by atoms with Crippen LogP contribution in [-0.4, -0.2) is 35.6 Å². The Kier molecular flexibility index (Phi) is 4.72. The maximum atomic E-state index is 3.80. The van der Waals surface area contributed by atoms with E-state index in [1.165, 1.54) is 57.9 Å². The molecule has 0 aromatic heterocycles. The molecule has 2 saturated heterocycles. The van der Waals surface area contributed by atoms with Crippen LogP contribution in [0.15, 0.2) is 0 Å². The van der Waals surface area contributed by atoms with Gasteiger partial charge in [-0.2, -0.15) is 0 Å². The van der Waals surface area contributed by atoms with Gasteiger partial charge in [0.25, 0.3) is 0 Å². The van der Waals surface area contributed by atoms with Crippen LogP contribution in [0.1, 0.15) is 72.1 Å². The van der Waals surface area contributed by atoms with Crippen LogP contribution < -0.4 is 5.32 Å². The second kappa shape index (κ2) is 6.36. The molecule has 2 nitrogen and oxygen atoms in total. The predicted octanol–water partition coefficient (Wildman–Crippen LogP) is 3.81. The first-order chi connectivity index (χ1) is 9.67. The molecule has 1 aliphatic carbocycles. The molecule has 2 bridgehead atoms. The number of nitrogens with one attached hydrogen (secondary N) is 1. The van der Waals surface area contributed by atoms with Gasteiger partial charge in [-0.3, -0.25) is 4.90 Å². The molecule has 0 amide bonds. The fourth-order valence-electron chi connectivity index (χ4n) is 5.21. The van der Waals surface area contributed by atoms with Gasteiger partial charge in [0.15, 0.2) is 0 Å². The van der Waals surface area contributed by atoms with Gasteiger partial charge in [-0.15, -0.1) is 0 Å². The number of nitrogens with zero attached hydrogens (tertiary/aromatic N) is 1. The molecule has 2 atom stereocenters.